The Hall–Kier alpha value is -3.92. The molecule has 10 nitrogen and oxygen atoms in total. The maximum atomic E-state index is 12.7. The molecule has 1 aromatic carbocycles. The van der Waals surface area contributed by atoms with E-state index in [0.717, 1.165) is 17.5 Å². The van der Waals surface area contributed by atoms with Gasteiger partial charge in [-0.3, -0.25) is 9.36 Å². The predicted octanol–water partition coefficient (Wildman–Crippen LogP) is 2.56. The van der Waals surface area contributed by atoms with Crippen LogP contribution in [0.2, 0.25) is 0 Å². The van der Waals surface area contributed by atoms with Crippen LogP contribution in [-0.2, 0) is 11.8 Å². The van der Waals surface area contributed by atoms with Gasteiger partial charge in [0.05, 0.1) is 17.9 Å². The molecular formula is C23H23N7O3. The van der Waals surface area contributed by atoms with Crippen molar-refractivity contribution in [2.75, 3.05) is 24.6 Å². The van der Waals surface area contributed by atoms with Crippen LogP contribution in [0, 0.1) is 6.92 Å². The zero-order valence-corrected chi connectivity index (χ0v) is 18.4. The van der Waals surface area contributed by atoms with Gasteiger partial charge in [0.25, 0.3) is 11.4 Å². The highest BCUT2D eigenvalue weighted by atomic mass is 16.5. The molecule has 4 aromatic rings. The Morgan fingerprint density at radius 3 is 2.82 bits per heavy atom. The van der Waals surface area contributed by atoms with E-state index in [-0.39, 0.29) is 11.7 Å². The fourth-order valence-electron chi connectivity index (χ4n) is 3.88. The lowest BCUT2D eigenvalue weighted by Crippen LogP contribution is -2.34. The molecule has 1 saturated heterocycles. The maximum Gasteiger partial charge on any atom is 0.257 e. The minimum absolute atomic E-state index is 0.149. The SMILES string of the molecule is Cc1noc(-c2cccc([C@H]3CN(c4nc(-c5ccncn5)cc(=O)n4C)CCCO3)c2)n1. The molecule has 0 amide bonds. The predicted molar refractivity (Wildman–Crippen MR) is 120 cm³/mol. The van der Waals surface area contributed by atoms with Crippen molar-refractivity contribution < 1.29 is 9.26 Å². The maximum absolute atomic E-state index is 12.7. The van der Waals surface area contributed by atoms with Crippen LogP contribution in [-0.4, -0.2) is 49.4 Å². The van der Waals surface area contributed by atoms with Crippen LogP contribution in [0.1, 0.15) is 23.9 Å². The fourth-order valence-corrected chi connectivity index (χ4v) is 3.88. The first-order valence-corrected chi connectivity index (χ1v) is 10.7. The molecule has 0 spiro atoms. The van der Waals surface area contributed by atoms with Crippen molar-refractivity contribution in [3.05, 3.63) is 70.7 Å². The molecule has 1 aliphatic heterocycles. The Kier molecular flexibility index (Phi) is 5.66. The van der Waals surface area contributed by atoms with Crippen LogP contribution < -0.4 is 10.5 Å². The van der Waals surface area contributed by atoms with Crippen molar-refractivity contribution in [1.82, 2.24) is 29.7 Å². The molecule has 0 bridgehead atoms. The van der Waals surface area contributed by atoms with Crippen molar-refractivity contribution in [3.8, 4) is 22.8 Å². The summed E-state index contributed by atoms with van der Waals surface area (Å²) in [7, 11) is 1.73. The van der Waals surface area contributed by atoms with Crippen molar-refractivity contribution in [1.29, 1.82) is 0 Å². The molecule has 0 unspecified atom stereocenters. The first-order chi connectivity index (χ1) is 16.1. The van der Waals surface area contributed by atoms with E-state index in [4.69, 9.17) is 14.2 Å². The molecule has 1 fully saturated rings. The van der Waals surface area contributed by atoms with Gasteiger partial charge in [0.1, 0.15) is 12.4 Å². The third-order valence-corrected chi connectivity index (χ3v) is 5.55. The minimum Gasteiger partial charge on any atom is -0.372 e. The Labute approximate surface area is 189 Å². The van der Waals surface area contributed by atoms with E-state index < -0.39 is 0 Å². The molecule has 0 N–H and O–H groups in total. The van der Waals surface area contributed by atoms with E-state index in [2.05, 4.69) is 25.0 Å². The summed E-state index contributed by atoms with van der Waals surface area (Å²) in [5.74, 6) is 1.64. The number of rotatable bonds is 4. The number of aromatic nitrogens is 6. The summed E-state index contributed by atoms with van der Waals surface area (Å²) in [4.78, 5) is 32.1. The summed E-state index contributed by atoms with van der Waals surface area (Å²) in [5, 5.41) is 3.88. The largest absolute Gasteiger partial charge is 0.372 e. The molecule has 1 atom stereocenters. The van der Waals surface area contributed by atoms with Crippen molar-refractivity contribution in [2.45, 2.75) is 19.4 Å². The van der Waals surface area contributed by atoms with Crippen LogP contribution >= 0.6 is 0 Å². The summed E-state index contributed by atoms with van der Waals surface area (Å²) >= 11 is 0. The number of aryl methyl sites for hydroxylation is 1. The number of hydrogen-bond donors (Lipinski definition) is 0. The monoisotopic (exact) mass is 445 g/mol. The molecular weight excluding hydrogens is 422 g/mol. The van der Waals surface area contributed by atoms with Gasteiger partial charge in [0.2, 0.25) is 5.95 Å². The van der Waals surface area contributed by atoms with Gasteiger partial charge in [-0.2, -0.15) is 4.98 Å². The van der Waals surface area contributed by atoms with Crippen LogP contribution in [0.15, 0.2) is 58.2 Å². The summed E-state index contributed by atoms with van der Waals surface area (Å²) in [6.45, 7) is 3.65. The fraction of sp³-hybridized carbons (Fsp3) is 0.304. The normalized spacial score (nSPS) is 16.5. The van der Waals surface area contributed by atoms with Crippen molar-refractivity contribution in [3.63, 3.8) is 0 Å². The number of hydrogen-bond acceptors (Lipinski definition) is 9. The molecule has 0 radical (unpaired) electrons. The lowest BCUT2D eigenvalue weighted by Gasteiger charge is -2.26. The second-order valence-electron chi connectivity index (χ2n) is 7.86. The van der Waals surface area contributed by atoms with Gasteiger partial charge in [0.15, 0.2) is 5.82 Å². The average molecular weight is 445 g/mol. The Bertz CT molecular complexity index is 1320. The third-order valence-electron chi connectivity index (χ3n) is 5.55. The van der Waals surface area contributed by atoms with Crippen LogP contribution in [0.25, 0.3) is 22.8 Å². The minimum atomic E-state index is -0.212. The van der Waals surface area contributed by atoms with E-state index >= 15 is 0 Å². The number of nitrogens with zero attached hydrogens (tertiary/aromatic N) is 7. The first kappa shape index (κ1) is 21.0. The molecule has 33 heavy (non-hydrogen) atoms. The molecule has 5 rings (SSSR count). The zero-order valence-electron chi connectivity index (χ0n) is 18.4. The van der Waals surface area contributed by atoms with Gasteiger partial charge in [-0.1, -0.05) is 17.3 Å². The lowest BCUT2D eigenvalue weighted by atomic mass is 10.1. The second-order valence-corrected chi connectivity index (χ2v) is 7.86. The van der Waals surface area contributed by atoms with Gasteiger partial charge < -0.3 is 14.2 Å². The zero-order chi connectivity index (χ0) is 22.8. The quantitative estimate of drug-likeness (QED) is 0.468. The summed E-state index contributed by atoms with van der Waals surface area (Å²) in [5.41, 5.74) is 2.81. The van der Waals surface area contributed by atoms with E-state index in [1.807, 2.05) is 24.3 Å². The topological polar surface area (TPSA) is 112 Å². The third kappa shape index (κ3) is 4.37. The highest BCUT2D eigenvalue weighted by Gasteiger charge is 2.24. The Balaban J connectivity index is 1.47. The number of anilines is 1. The van der Waals surface area contributed by atoms with E-state index in [1.54, 1.807) is 30.8 Å². The van der Waals surface area contributed by atoms with Crippen LogP contribution in [0.4, 0.5) is 5.95 Å². The van der Waals surface area contributed by atoms with Gasteiger partial charge >= 0.3 is 0 Å². The van der Waals surface area contributed by atoms with Crippen LogP contribution in [0.3, 0.4) is 0 Å². The smallest absolute Gasteiger partial charge is 0.257 e. The van der Waals surface area contributed by atoms with E-state index in [9.17, 15) is 4.79 Å². The van der Waals surface area contributed by atoms with E-state index in [1.165, 1.54) is 12.4 Å². The molecule has 10 heteroatoms. The molecule has 0 aliphatic carbocycles. The van der Waals surface area contributed by atoms with Gasteiger partial charge in [-0.15, -0.1) is 0 Å². The highest BCUT2D eigenvalue weighted by molar-refractivity contribution is 5.56. The van der Waals surface area contributed by atoms with Crippen molar-refractivity contribution in [2.24, 2.45) is 7.05 Å². The standard InChI is InChI=1S/C23H23N7O3/c1-15-26-22(33-28-15)17-6-3-5-16(11-17)20-13-30(9-4-10-32-20)23-27-19(12-21(31)29(23)2)18-7-8-24-14-25-18/h3,5-8,11-12,14,20H,4,9-10,13H2,1-2H3/t20-/m1/s1. The number of benzene rings is 1. The van der Waals surface area contributed by atoms with Gasteiger partial charge in [0, 0.05) is 38.0 Å². The summed E-state index contributed by atoms with van der Waals surface area (Å²) < 4.78 is 13.1. The molecule has 3 aromatic heterocycles. The van der Waals surface area contributed by atoms with E-state index in [0.29, 0.717) is 48.7 Å². The molecule has 0 saturated carbocycles. The summed E-state index contributed by atoms with van der Waals surface area (Å²) in [6.07, 6.45) is 3.68. The first-order valence-electron chi connectivity index (χ1n) is 10.7. The highest BCUT2D eigenvalue weighted by Crippen LogP contribution is 2.28. The average Bonchev–Trinajstić information content (AvgIpc) is 3.13. The molecule has 1 aliphatic rings. The molecule has 168 valence electrons. The van der Waals surface area contributed by atoms with Gasteiger partial charge in [-0.25, -0.2) is 15.0 Å². The van der Waals surface area contributed by atoms with Gasteiger partial charge in [-0.05, 0) is 37.1 Å². The van der Waals surface area contributed by atoms with Crippen LogP contribution in [0.5, 0.6) is 0 Å². The summed E-state index contributed by atoms with van der Waals surface area (Å²) in [6, 6.07) is 11.1. The Morgan fingerprint density at radius 1 is 1.12 bits per heavy atom. The second kappa shape index (κ2) is 8.91. The van der Waals surface area contributed by atoms with Crippen molar-refractivity contribution >= 4 is 5.95 Å². The number of ether oxygens (including phenoxy) is 1. The lowest BCUT2D eigenvalue weighted by molar-refractivity contribution is 0.0686. The molecule has 4 heterocycles. The Morgan fingerprint density at radius 2 is 2.03 bits per heavy atom.